The Bertz CT molecular complexity index is 622. The van der Waals surface area contributed by atoms with E-state index in [0.29, 0.717) is 12.5 Å². The average Bonchev–Trinajstić information content (AvgIpc) is 3.47. The van der Waals surface area contributed by atoms with Gasteiger partial charge in [-0.3, -0.25) is 4.79 Å². The second-order valence-electron chi connectivity index (χ2n) is 7.56. The maximum Gasteiger partial charge on any atom is 0.251 e. The first-order valence-electron chi connectivity index (χ1n) is 9.27. The highest BCUT2D eigenvalue weighted by molar-refractivity contribution is 5.79. The summed E-state index contributed by atoms with van der Waals surface area (Å²) in [5.74, 6) is -1.34. The van der Waals surface area contributed by atoms with Gasteiger partial charge >= 0.3 is 0 Å². The molecule has 1 aromatic heterocycles. The Morgan fingerprint density at radius 2 is 1.84 bits per heavy atom. The van der Waals surface area contributed by atoms with Gasteiger partial charge in [-0.1, -0.05) is 0 Å². The zero-order valence-corrected chi connectivity index (χ0v) is 14.3. The lowest BCUT2D eigenvalue weighted by molar-refractivity contribution is -0.141. The minimum Gasteiger partial charge on any atom is -0.354 e. The molecule has 1 unspecified atom stereocenters. The van der Waals surface area contributed by atoms with Gasteiger partial charge in [0.25, 0.3) is 5.92 Å². The third-order valence-electron chi connectivity index (χ3n) is 5.57. The van der Waals surface area contributed by atoms with Crippen molar-refractivity contribution < 1.29 is 13.6 Å². The van der Waals surface area contributed by atoms with Gasteiger partial charge in [0, 0.05) is 44.9 Å². The van der Waals surface area contributed by atoms with Crippen LogP contribution in [0.4, 0.5) is 14.6 Å². The summed E-state index contributed by atoms with van der Waals surface area (Å²) in [7, 11) is 0. The highest BCUT2D eigenvalue weighted by Crippen LogP contribution is 2.39. The molecule has 0 aromatic carbocycles. The van der Waals surface area contributed by atoms with Gasteiger partial charge in [0.15, 0.2) is 5.82 Å². The van der Waals surface area contributed by atoms with E-state index in [1.165, 1.54) is 12.8 Å². The van der Waals surface area contributed by atoms with E-state index >= 15 is 0 Å². The van der Waals surface area contributed by atoms with Gasteiger partial charge in [-0.25, -0.2) is 8.78 Å². The summed E-state index contributed by atoms with van der Waals surface area (Å²) in [4.78, 5) is 16.4. The second-order valence-corrected chi connectivity index (χ2v) is 7.56. The largest absolute Gasteiger partial charge is 0.354 e. The molecule has 1 saturated carbocycles. The van der Waals surface area contributed by atoms with E-state index in [-0.39, 0.29) is 37.8 Å². The molecule has 3 heterocycles. The number of carbonyl (C=O) groups excluding carboxylic acids is 1. The number of amides is 1. The normalized spacial score (nSPS) is 26.6. The molecule has 2 aliphatic heterocycles. The maximum absolute atomic E-state index is 13.3. The summed E-state index contributed by atoms with van der Waals surface area (Å²) >= 11 is 0. The highest BCUT2D eigenvalue weighted by atomic mass is 19.3. The van der Waals surface area contributed by atoms with Crippen LogP contribution >= 0.6 is 0 Å². The zero-order valence-electron chi connectivity index (χ0n) is 14.3. The quantitative estimate of drug-likeness (QED) is 0.841. The van der Waals surface area contributed by atoms with E-state index in [0.717, 1.165) is 30.9 Å². The van der Waals surface area contributed by atoms with E-state index in [9.17, 15) is 13.6 Å². The molecule has 3 aliphatic rings. The van der Waals surface area contributed by atoms with Crippen molar-refractivity contribution in [1.82, 2.24) is 15.1 Å². The number of alkyl halides is 2. The molecule has 0 spiro atoms. The van der Waals surface area contributed by atoms with E-state index in [4.69, 9.17) is 0 Å². The van der Waals surface area contributed by atoms with Crippen LogP contribution in [0.3, 0.4) is 0 Å². The Hall–Kier alpha value is -1.79. The predicted octanol–water partition coefficient (Wildman–Crippen LogP) is 2.83. The number of piperidine rings is 2. The van der Waals surface area contributed by atoms with E-state index in [1.54, 1.807) is 4.90 Å². The van der Waals surface area contributed by atoms with Crippen LogP contribution in [0.5, 0.6) is 0 Å². The summed E-state index contributed by atoms with van der Waals surface area (Å²) in [5.41, 5.74) is 1.06. The number of nitrogens with zero attached hydrogens (tertiary/aromatic N) is 4. The highest BCUT2D eigenvalue weighted by Gasteiger charge is 2.38. The Kier molecular flexibility index (Phi) is 4.33. The van der Waals surface area contributed by atoms with E-state index < -0.39 is 5.92 Å². The van der Waals surface area contributed by atoms with Crippen LogP contribution in [0.25, 0.3) is 0 Å². The molecule has 0 N–H and O–H groups in total. The first kappa shape index (κ1) is 16.7. The molecule has 0 radical (unpaired) electrons. The fourth-order valence-electron chi connectivity index (χ4n) is 3.80. The first-order valence-corrected chi connectivity index (χ1v) is 9.27. The summed E-state index contributed by atoms with van der Waals surface area (Å²) in [6.07, 6.45) is 3.68. The van der Waals surface area contributed by atoms with Crippen LogP contribution in [0.2, 0.25) is 0 Å². The summed E-state index contributed by atoms with van der Waals surface area (Å²) in [6.45, 7) is 1.79. The van der Waals surface area contributed by atoms with Crippen molar-refractivity contribution in [3.63, 3.8) is 0 Å². The predicted molar refractivity (Wildman–Crippen MR) is 89.7 cm³/mol. The molecular formula is C18H24F2N4O. The Balaban J connectivity index is 1.37. The maximum atomic E-state index is 13.3. The number of carbonyl (C=O) groups is 1. The molecule has 1 aliphatic carbocycles. The summed E-state index contributed by atoms with van der Waals surface area (Å²) in [6, 6.07) is 4.03. The summed E-state index contributed by atoms with van der Waals surface area (Å²) in [5, 5.41) is 8.66. The van der Waals surface area contributed by atoms with Crippen molar-refractivity contribution >= 4 is 11.7 Å². The van der Waals surface area contributed by atoms with Gasteiger partial charge in [0.1, 0.15) is 0 Å². The molecule has 5 nitrogen and oxygen atoms in total. The molecule has 1 aromatic rings. The van der Waals surface area contributed by atoms with Gasteiger partial charge in [-0.15, -0.1) is 5.10 Å². The topological polar surface area (TPSA) is 49.3 Å². The summed E-state index contributed by atoms with van der Waals surface area (Å²) < 4.78 is 26.6. The number of anilines is 1. The van der Waals surface area contributed by atoms with Gasteiger partial charge in [0.2, 0.25) is 5.91 Å². The molecule has 3 fully saturated rings. The smallest absolute Gasteiger partial charge is 0.251 e. The molecule has 136 valence electrons. The van der Waals surface area contributed by atoms with Crippen LogP contribution in [-0.4, -0.2) is 53.1 Å². The molecule has 25 heavy (non-hydrogen) atoms. The van der Waals surface area contributed by atoms with Crippen molar-refractivity contribution in [3.8, 4) is 0 Å². The Morgan fingerprint density at radius 1 is 1.08 bits per heavy atom. The number of hydrogen-bond donors (Lipinski definition) is 0. The monoisotopic (exact) mass is 350 g/mol. The molecular weight excluding hydrogens is 326 g/mol. The third-order valence-corrected chi connectivity index (χ3v) is 5.57. The van der Waals surface area contributed by atoms with Crippen molar-refractivity contribution in [3.05, 3.63) is 17.8 Å². The lowest BCUT2D eigenvalue weighted by Gasteiger charge is -2.38. The van der Waals surface area contributed by atoms with Crippen LogP contribution in [0, 0.1) is 5.92 Å². The third kappa shape index (κ3) is 3.75. The Labute approximate surface area is 146 Å². The number of halogens is 2. The van der Waals surface area contributed by atoms with E-state index in [2.05, 4.69) is 15.1 Å². The van der Waals surface area contributed by atoms with Crippen LogP contribution < -0.4 is 4.90 Å². The van der Waals surface area contributed by atoms with Crippen LogP contribution in [-0.2, 0) is 4.79 Å². The van der Waals surface area contributed by atoms with Gasteiger partial charge < -0.3 is 9.80 Å². The molecule has 7 heteroatoms. The number of likely N-dealkylation sites (tertiary alicyclic amines) is 1. The number of hydrogen-bond acceptors (Lipinski definition) is 4. The van der Waals surface area contributed by atoms with Gasteiger partial charge in [0.05, 0.1) is 11.6 Å². The molecule has 4 rings (SSSR count). The lowest BCUT2D eigenvalue weighted by Crippen LogP contribution is -2.49. The zero-order chi connectivity index (χ0) is 17.4. The first-order chi connectivity index (χ1) is 12.0. The minimum absolute atomic E-state index is 0.0164. The Morgan fingerprint density at radius 3 is 2.48 bits per heavy atom. The number of aromatic nitrogens is 2. The molecule has 2 saturated heterocycles. The molecule has 1 atom stereocenters. The van der Waals surface area contributed by atoms with Gasteiger partial charge in [-0.2, -0.15) is 5.10 Å². The van der Waals surface area contributed by atoms with E-state index in [1.807, 2.05) is 12.1 Å². The van der Waals surface area contributed by atoms with Crippen molar-refractivity contribution in [2.24, 2.45) is 5.92 Å². The lowest BCUT2D eigenvalue weighted by atomic mass is 9.95. The van der Waals surface area contributed by atoms with Crippen LogP contribution in [0.1, 0.15) is 50.1 Å². The molecule has 1 amide bonds. The van der Waals surface area contributed by atoms with Gasteiger partial charge in [-0.05, 0) is 37.8 Å². The second kappa shape index (κ2) is 6.50. The SMILES string of the molecule is O=C(C1CCCN(c2ccc(C3CC3)nn2)C1)N1CCC(F)(F)CC1. The average molecular weight is 350 g/mol. The standard InChI is InChI=1S/C18H24F2N4O/c19-18(20)7-10-23(11-8-18)17(25)14-2-1-9-24(12-14)16-6-5-15(21-22-16)13-3-4-13/h5-6,13-14H,1-4,7-12H2. The van der Waals surface area contributed by atoms with Crippen LogP contribution in [0.15, 0.2) is 12.1 Å². The minimum atomic E-state index is -2.62. The fourth-order valence-corrected chi connectivity index (χ4v) is 3.80. The fraction of sp³-hybridized carbons (Fsp3) is 0.722. The molecule has 0 bridgehead atoms. The van der Waals surface area contributed by atoms with Crippen molar-refractivity contribution in [1.29, 1.82) is 0 Å². The van der Waals surface area contributed by atoms with Crippen molar-refractivity contribution in [2.75, 3.05) is 31.1 Å². The number of rotatable bonds is 3. The van der Waals surface area contributed by atoms with Crippen molar-refractivity contribution in [2.45, 2.75) is 50.4 Å².